The van der Waals surface area contributed by atoms with Crippen LogP contribution in [0.1, 0.15) is 29.3 Å². The standard InChI is InChI=1S/C23H26O11/c1-11(24)2-3-12-4-6-14(7-5-12)33-23-21(30)20(29)19(28)17(34-23)10-32-22(31)13-8-15(25)18(27)16(26)9-13/h4-9,17,19-21,23,25-30H,2-3,10H2,1H3/t17-,19-,20+,21-,23-/m0/s1. The number of aromatic hydroxyl groups is 3. The Kier molecular flexibility index (Phi) is 7.94. The van der Waals surface area contributed by atoms with Gasteiger partial charge in [0, 0.05) is 6.42 Å². The number of ketones is 1. The molecule has 1 aliphatic rings. The number of hydrogen-bond donors (Lipinski definition) is 6. The minimum atomic E-state index is -1.67. The fraction of sp³-hybridized carbons (Fsp3) is 0.391. The van der Waals surface area contributed by atoms with Crippen molar-refractivity contribution in [3.8, 4) is 23.0 Å². The molecule has 0 spiro atoms. The van der Waals surface area contributed by atoms with Crippen LogP contribution >= 0.6 is 0 Å². The molecule has 0 aliphatic carbocycles. The normalized spacial score (nSPS) is 24.4. The maximum Gasteiger partial charge on any atom is 0.338 e. The van der Waals surface area contributed by atoms with Gasteiger partial charge in [0.2, 0.25) is 6.29 Å². The quantitative estimate of drug-likeness (QED) is 0.228. The first kappa shape index (κ1) is 25.2. The number of Topliss-reactive ketones (excluding diaryl/α,β-unsaturated/α-hetero) is 1. The highest BCUT2D eigenvalue weighted by Crippen LogP contribution is 2.35. The van der Waals surface area contributed by atoms with Crippen molar-refractivity contribution >= 4 is 11.8 Å². The molecule has 0 saturated carbocycles. The Morgan fingerprint density at radius 2 is 1.56 bits per heavy atom. The molecule has 1 saturated heterocycles. The van der Waals surface area contributed by atoms with Crippen LogP contribution in [0.3, 0.4) is 0 Å². The molecule has 0 unspecified atom stereocenters. The average molecular weight is 478 g/mol. The number of esters is 1. The number of hydrogen-bond acceptors (Lipinski definition) is 11. The molecule has 5 atom stereocenters. The summed E-state index contributed by atoms with van der Waals surface area (Å²) < 4.78 is 16.1. The third-order valence-electron chi connectivity index (χ3n) is 5.29. The molecule has 2 aromatic carbocycles. The summed E-state index contributed by atoms with van der Waals surface area (Å²) in [5.74, 6) is -2.92. The molecule has 2 aromatic rings. The van der Waals surface area contributed by atoms with Crippen LogP contribution in [-0.2, 0) is 20.7 Å². The smallest absolute Gasteiger partial charge is 0.338 e. The zero-order chi connectivity index (χ0) is 25.0. The van der Waals surface area contributed by atoms with Crippen molar-refractivity contribution in [2.24, 2.45) is 0 Å². The number of rotatable bonds is 8. The number of aryl methyl sites for hydroxylation is 1. The predicted octanol–water partition coefficient (Wildman–Crippen LogP) is 0.368. The van der Waals surface area contributed by atoms with E-state index in [1.807, 2.05) is 0 Å². The summed E-state index contributed by atoms with van der Waals surface area (Å²) in [4.78, 5) is 23.3. The Bertz CT molecular complexity index is 997. The van der Waals surface area contributed by atoms with Crippen LogP contribution in [0.15, 0.2) is 36.4 Å². The third kappa shape index (κ3) is 5.94. The van der Waals surface area contributed by atoms with Gasteiger partial charge in [0.15, 0.2) is 17.2 Å². The lowest BCUT2D eigenvalue weighted by molar-refractivity contribution is -0.277. The topological polar surface area (TPSA) is 183 Å². The SMILES string of the molecule is CC(=O)CCc1ccc(O[C@H]2O[C@@H](COC(=O)c3cc(O)c(O)c(O)c3)[C@H](O)[C@@H](O)[C@@H]2O)cc1. The average Bonchev–Trinajstić information content (AvgIpc) is 2.81. The second kappa shape index (κ2) is 10.7. The first-order valence-electron chi connectivity index (χ1n) is 10.4. The second-order valence-electron chi connectivity index (χ2n) is 7.94. The van der Waals surface area contributed by atoms with E-state index in [4.69, 9.17) is 14.2 Å². The van der Waals surface area contributed by atoms with E-state index in [1.54, 1.807) is 24.3 Å². The van der Waals surface area contributed by atoms with Gasteiger partial charge < -0.3 is 49.6 Å². The molecular weight excluding hydrogens is 452 g/mol. The summed E-state index contributed by atoms with van der Waals surface area (Å²) >= 11 is 0. The lowest BCUT2D eigenvalue weighted by Crippen LogP contribution is -2.60. The monoisotopic (exact) mass is 478 g/mol. The van der Waals surface area contributed by atoms with E-state index >= 15 is 0 Å². The van der Waals surface area contributed by atoms with Crippen molar-refractivity contribution in [1.82, 2.24) is 0 Å². The lowest BCUT2D eigenvalue weighted by atomic mass is 9.99. The largest absolute Gasteiger partial charge is 0.504 e. The van der Waals surface area contributed by atoms with E-state index in [0.29, 0.717) is 18.6 Å². The highest BCUT2D eigenvalue weighted by Gasteiger charge is 2.45. The van der Waals surface area contributed by atoms with Gasteiger partial charge in [0.05, 0.1) is 5.56 Å². The molecule has 0 amide bonds. The number of phenols is 3. The summed E-state index contributed by atoms with van der Waals surface area (Å²) in [6.07, 6.45) is -6.60. The van der Waals surface area contributed by atoms with Gasteiger partial charge in [0.25, 0.3) is 0 Å². The maximum atomic E-state index is 12.2. The molecular formula is C23H26O11. The first-order chi connectivity index (χ1) is 16.1. The fourth-order valence-corrected chi connectivity index (χ4v) is 3.30. The fourth-order valence-electron chi connectivity index (χ4n) is 3.30. The highest BCUT2D eigenvalue weighted by atomic mass is 16.7. The molecule has 11 nitrogen and oxygen atoms in total. The van der Waals surface area contributed by atoms with Crippen molar-refractivity contribution in [2.75, 3.05) is 6.61 Å². The van der Waals surface area contributed by atoms with Gasteiger partial charge in [-0.3, -0.25) is 0 Å². The maximum absolute atomic E-state index is 12.2. The predicted molar refractivity (Wildman–Crippen MR) is 114 cm³/mol. The Balaban J connectivity index is 1.63. The molecule has 11 heteroatoms. The van der Waals surface area contributed by atoms with Gasteiger partial charge in [-0.25, -0.2) is 4.79 Å². The van der Waals surface area contributed by atoms with Crippen molar-refractivity contribution in [1.29, 1.82) is 0 Å². The van der Waals surface area contributed by atoms with Gasteiger partial charge in [-0.1, -0.05) is 12.1 Å². The van der Waals surface area contributed by atoms with Crippen LogP contribution in [-0.4, -0.2) is 79.7 Å². The summed E-state index contributed by atoms with van der Waals surface area (Å²) in [5.41, 5.74) is 0.621. The van der Waals surface area contributed by atoms with Gasteiger partial charge in [-0.15, -0.1) is 0 Å². The summed E-state index contributed by atoms with van der Waals surface area (Å²) in [6, 6.07) is 8.42. The molecule has 1 fully saturated rings. The van der Waals surface area contributed by atoms with Crippen molar-refractivity contribution in [2.45, 2.75) is 50.5 Å². The number of ether oxygens (including phenoxy) is 3. The molecule has 3 rings (SSSR count). The van der Waals surface area contributed by atoms with Gasteiger partial charge in [0.1, 0.15) is 42.6 Å². The van der Waals surface area contributed by atoms with Crippen LogP contribution in [0.25, 0.3) is 0 Å². The zero-order valence-electron chi connectivity index (χ0n) is 18.2. The van der Waals surface area contributed by atoms with Gasteiger partial charge >= 0.3 is 5.97 Å². The molecule has 0 aromatic heterocycles. The number of carbonyl (C=O) groups is 2. The summed E-state index contributed by atoms with van der Waals surface area (Å²) in [7, 11) is 0. The molecule has 0 bridgehead atoms. The van der Waals surface area contributed by atoms with Crippen LogP contribution in [0.2, 0.25) is 0 Å². The lowest BCUT2D eigenvalue weighted by Gasteiger charge is -2.39. The molecule has 6 N–H and O–H groups in total. The van der Waals surface area contributed by atoms with Crippen molar-refractivity contribution < 1.29 is 54.4 Å². The van der Waals surface area contributed by atoms with Gasteiger partial charge in [-0.05, 0) is 43.2 Å². The minimum Gasteiger partial charge on any atom is -0.504 e. The Morgan fingerprint density at radius 1 is 0.941 bits per heavy atom. The van der Waals surface area contributed by atoms with E-state index in [1.165, 1.54) is 6.92 Å². The molecule has 1 heterocycles. The van der Waals surface area contributed by atoms with Crippen molar-refractivity contribution in [3.05, 3.63) is 47.5 Å². The van der Waals surface area contributed by atoms with Crippen LogP contribution in [0.5, 0.6) is 23.0 Å². The second-order valence-corrected chi connectivity index (χ2v) is 7.94. The summed E-state index contributed by atoms with van der Waals surface area (Å²) in [5, 5.41) is 59.1. The number of aliphatic hydroxyl groups is 3. The van der Waals surface area contributed by atoms with Crippen LogP contribution in [0.4, 0.5) is 0 Å². The Morgan fingerprint density at radius 3 is 2.15 bits per heavy atom. The first-order valence-corrected chi connectivity index (χ1v) is 10.4. The van der Waals surface area contributed by atoms with Gasteiger partial charge in [-0.2, -0.15) is 0 Å². The summed E-state index contributed by atoms with van der Waals surface area (Å²) in [6.45, 7) is 0.946. The molecule has 1 aliphatic heterocycles. The number of benzene rings is 2. The minimum absolute atomic E-state index is 0.0670. The van der Waals surface area contributed by atoms with Crippen LogP contribution in [0, 0.1) is 0 Å². The number of aliphatic hydroxyl groups excluding tert-OH is 3. The number of phenolic OH excluding ortho intramolecular Hbond substituents is 3. The molecule has 0 radical (unpaired) electrons. The van der Waals surface area contributed by atoms with E-state index < -0.39 is 60.5 Å². The third-order valence-corrected chi connectivity index (χ3v) is 5.29. The Hall–Kier alpha value is -3.38. The van der Waals surface area contributed by atoms with Crippen molar-refractivity contribution in [3.63, 3.8) is 0 Å². The zero-order valence-corrected chi connectivity index (χ0v) is 18.2. The van der Waals surface area contributed by atoms with E-state index in [-0.39, 0.29) is 11.3 Å². The van der Waals surface area contributed by atoms with E-state index in [0.717, 1.165) is 17.7 Å². The Labute approximate surface area is 194 Å². The van der Waals surface area contributed by atoms with E-state index in [9.17, 15) is 40.2 Å². The molecule has 184 valence electrons. The molecule has 34 heavy (non-hydrogen) atoms. The number of carbonyl (C=O) groups excluding carboxylic acids is 2. The highest BCUT2D eigenvalue weighted by molar-refractivity contribution is 5.91. The van der Waals surface area contributed by atoms with Crippen LogP contribution < -0.4 is 4.74 Å². The van der Waals surface area contributed by atoms with E-state index in [2.05, 4.69) is 0 Å².